The molecule has 0 saturated heterocycles. The van der Waals surface area contributed by atoms with Gasteiger partial charge in [-0.1, -0.05) is 42.5 Å². The van der Waals surface area contributed by atoms with Gasteiger partial charge in [-0.15, -0.1) is 0 Å². The van der Waals surface area contributed by atoms with Crippen LogP contribution in [0.5, 0.6) is 5.75 Å². The molecule has 0 unspecified atom stereocenters. The Morgan fingerprint density at radius 1 is 0.913 bits per heavy atom. The third-order valence-electron chi connectivity index (χ3n) is 3.03. The van der Waals surface area contributed by atoms with Crippen molar-refractivity contribution in [2.75, 3.05) is 0 Å². The Balaban J connectivity index is 2.04. The number of hydrogen-bond donors (Lipinski definition) is 3. The minimum Gasteiger partial charge on any atom is -0.508 e. The van der Waals surface area contributed by atoms with E-state index in [1.54, 1.807) is 48.6 Å². The van der Waals surface area contributed by atoms with Crippen molar-refractivity contribution in [3.05, 3.63) is 77.4 Å². The van der Waals surface area contributed by atoms with Gasteiger partial charge in [0.1, 0.15) is 5.75 Å². The third-order valence-corrected chi connectivity index (χ3v) is 3.03. The first-order valence-corrected chi connectivity index (χ1v) is 6.82. The Kier molecular flexibility index (Phi) is 5.44. The third kappa shape index (κ3) is 4.94. The monoisotopic (exact) mass is 309 g/mol. The number of amides is 1. The lowest BCUT2D eigenvalue weighted by Gasteiger charge is -1.98. The van der Waals surface area contributed by atoms with Gasteiger partial charge < -0.3 is 5.11 Å². The Bertz CT molecular complexity index is 761. The summed E-state index contributed by atoms with van der Waals surface area (Å²) in [5, 5.41) is 17.7. The maximum atomic E-state index is 12.0. The minimum atomic E-state index is -0.606. The van der Waals surface area contributed by atoms with Gasteiger partial charge in [-0.3, -0.25) is 14.8 Å². The van der Waals surface area contributed by atoms with Crippen molar-refractivity contribution in [3.63, 3.8) is 0 Å². The van der Waals surface area contributed by atoms with Crippen molar-refractivity contribution in [1.29, 1.82) is 0 Å². The number of benzene rings is 2. The summed E-state index contributed by atoms with van der Waals surface area (Å²) in [4.78, 5) is 22.8. The summed E-state index contributed by atoms with van der Waals surface area (Å²) in [7, 11) is 0. The lowest BCUT2D eigenvalue weighted by molar-refractivity contribution is -0.124. The van der Waals surface area contributed by atoms with Crippen LogP contribution in [0, 0.1) is 0 Å². The Morgan fingerprint density at radius 3 is 2.09 bits per heavy atom. The van der Waals surface area contributed by atoms with E-state index in [9.17, 15) is 14.7 Å². The first kappa shape index (κ1) is 16.2. The molecule has 1 amide bonds. The van der Waals surface area contributed by atoms with E-state index in [2.05, 4.69) is 0 Å². The van der Waals surface area contributed by atoms with E-state index in [1.807, 2.05) is 0 Å². The summed E-state index contributed by atoms with van der Waals surface area (Å²) in [5.41, 5.74) is 3.52. The quantitative estimate of drug-likeness (QED) is 0.343. The molecular formula is C18H15NO4. The topological polar surface area (TPSA) is 86.6 Å². The van der Waals surface area contributed by atoms with Crippen LogP contribution < -0.4 is 5.48 Å². The van der Waals surface area contributed by atoms with Crippen LogP contribution >= 0.6 is 0 Å². The predicted molar refractivity (Wildman–Crippen MR) is 86.9 cm³/mol. The maximum absolute atomic E-state index is 12.0. The summed E-state index contributed by atoms with van der Waals surface area (Å²) in [6.07, 6.45) is 5.85. The van der Waals surface area contributed by atoms with Crippen LogP contribution in [0.15, 0.2) is 60.7 Å². The van der Waals surface area contributed by atoms with E-state index < -0.39 is 5.91 Å². The standard InChI is InChI=1S/C18H15NO4/c20-16-3-1-2-15(12-16)17(21)10-8-13-4-6-14(7-5-13)9-11-18(22)19-23/h1-12,20,23H,(H,19,22). The fourth-order valence-corrected chi connectivity index (χ4v) is 1.85. The summed E-state index contributed by atoms with van der Waals surface area (Å²) in [5.74, 6) is -0.762. The summed E-state index contributed by atoms with van der Waals surface area (Å²) in [6, 6.07) is 13.3. The second-order valence-corrected chi connectivity index (χ2v) is 4.72. The molecular weight excluding hydrogens is 294 g/mol. The zero-order chi connectivity index (χ0) is 16.7. The highest BCUT2D eigenvalue weighted by Crippen LogP contribution is 2.13. The van der Waals surface area contributed by atoms with Crippen LogP contribution in [0.1, 0.15) is 21.5 Å². The number of allylic oxidation sites excluding steroid dienone is 1. The second kappa shape index (κ2) is 7.72. The van der Waals surface area contributed by atoms with Crippen LogP contribution in [0.2, 0.25) is 0 Å². The molecule has 0 heterocycles. The molecule has 2 rings (SSSR count). The molecule has 0 saturated carbocycles. The van der Waals surface area contributed by atoms with Crippen LogP contribution in [0.4, 0.5) is 0 Å². The number of aromatic hydroxyl groups is 1. The summed E-state index contributed by atoms with van der Waals surface area (Å²) < 4.78 is 0. The van der Waals surface area contributed by atoms with Crippen molar-refractivity contribution >= 4 is 23.8 Å². The van der Waals surface area contributed by atoms with E-state index in [0.717, 1.165) is 11.1 Å². The number of carbonyl (C=O) groups is 2. The number of nitrogens with one attached hydrogen (secondary N) is 1. The maximum Gasteiger partial charge on any atom is 0.267 e. The molecule has 23 heavy (non-hydrogen) atoms. The number of hydroxylamine groups is 1. The van der Waals surface area contributed by atoms with Crippen molar-refractivity contribution in [2.45, 2.75) is 0 Å². The highest BCUT2D eigenvalue weighted by molar-refractivity contribution is 6.07. The zero-order valence-corrected chi connectivity index (χ0v) is 12.1. The number of ketones is 1. The molecule has 0 aliphatic rings. The summed E-state index contributed by atoms with van der Waals surface area (Å²) >= 11 is 0. The smallest absolute Gasteiger partial charge is 0.267 e. The van der Waals surface area contributed by atoms with Crippen LogP contribution in [0.3, 0.4) is 0 Å². The van der Waals surface area contributed by atoms with E-state index in [-0.39, 0.29) is 11.5 Å². The number of carbonyl (C=O) groups excluding carboxylic acids is 2. The number of phenols is 1. The van der Waals surface area contributed by atoms with Gasteiger partial charge in [0.25, 0.3) is 5.91 Å². The zero-order valence-electron chi connectivity index (χ0n) is 12.1. The van der Waals surface area contributed by atoms with Gasteiger partial charge >= 0.3 is 0 Å². The van der Waals surface area contributed by atoms with Crippen LogP contribution in [-0.2, 0) is 4.79 Å². The fourth-order valence-electron chi connectivity index (χ4n) is 1.85. The Hall–Kier alpha value is -3.18. The van der Waals surface area contributed by atoms with Crippen molar-refractivity contribution < 1.29 is 19.9 Å². The minimum absolute atomic E-state index is 0.0484. The fraction of sp³-hybridized carbons (Fsp3) is 0. The average Bonchev–Trinajstić information content (AvgIpc) is 2.58. The SMILES string of the molecule is O=C(C=Cc1ccc(C=CC(=O)c2cccc(O)c2)cc1)NO. The van der Waals surface area contributed by atoms with Crippen LogP contribution in [-0.4, -0.2) is 22.0 Å². The van der Waals surface area contributed by atoms with Gasteiger partial charge in [0.05, 0.1) is 0 Å². The number of hydrogen-bond acceptors (Lipinski definition) is 4. The molecule has 2 aromatic carbocycles. The molecule has 0 atom stereocenters. The largest absolute Gasteiger partial charge is 0.508 e. The van der Waals surface area contributed by atoms with Crippen molar-refractivity contribution in [2.24, 2.45) is 0 Å². The van der Waals surface area contributed by atoms with Gasteiger partial charge in [-0.05, 0) is 35.4 Å². The predicted octanol–water partition coefficient (Wildman–Crippen LogP) is 2.81. The summed E-state index contributed by atoms with van der Waals surface area (Å²) in [6.45, 7) is 0. The van der Waals surface area contributed by atoms with E-state index in [1.165, 1.54) is 29.8 Å². The highest BCUT2D eigenvalue weighted by atomic mass is 16.5. The molecule has 0 aliphatic carbocycles. The van der Waals surface area contributed by atoms with Gasteiger partial charge in [0.15, 0.2) is 5.78 Å². The second-order valence-electron chi connectivity index (χ2n) is 4.72. The molecule has 0 bridgehead atoms. The molecule has 0 radical (unpaired) electrons. The number of rotatable bonds is 5. The first-order chi connectivity index (χ1) is 11.1. The van der Waals surface area contributed by atoms with Gasteiger partial charge in [0, 0.05) is 11.6 Å². The lowest BCUT2D eigenvalue weighted by atomic mass is 10.1. The normalized spacial score (nSPS) is 11.0. The lowest BCUT2D eigenvalue weighted by Crippen LogP contribution is -2.14. The van der Waals surface area contributed by atoms with Crippen molar-refractivity contribution in [1.82, 2.24) is 5.48 Å². The molecule has 116 valence electrons. The van der Waals surface area contributed by atoms with Gasteiger partial charge in [0.2, 0.25) is 0 Å². The highest BCUT2D eigenvalue weighted by Gasteiger charge is 2.02. The van der Waals surface area contributed by atoms with Gasteiger partial charge in [-0.25, -0.2) is 5.48 Å². The Morgan fingerprint density at radius 2 is 1.52 bits per heavy atom. The molecule has 0 aliphatic heterocycles. The van der Waals surface area contributed by atoms with Crippen molar-refractivity contribution in [3.8, 4) is 5.75 Å². The molecule has 0 aromatic heterocycles. The molecule has 3 N–H and O–H groups in total. The molecule has 5 nitrogen and oxygen atoms in total. The van der Waals surface area contributed by atoms with Gasteiger partial charge in [-0.2, -0.15) is 0 Å². The van der Waals surface area contributed by atoms with E-state index >= 15 is 0 Å². The van der Waals surface area contributed by atoms with Crippen LogP contribution in [0.25, 0.3) is 12.2 Å². The number of phenolic OH excluding ortho intramolecular Hbond substituents is 1. The average molecular weight is 309 g/mol. The van der Waals surface area contributed by atoms with E-state index in [0.29, 0.717) is 5.56 Å². The first-order valence-electron chi connectivity index (χ1n) is 6.82. The molecule has 0 spiro atoms. The molecule has 2 aromatic rings. The Labute approximate surface area is 133 Å². The van der Waals surface area contributed by atoms with E-state index in [4.69, 9.17) is 5.21 Å². The molecule has 0 fully saturated rings. The molecule has 5 heteroatoms.